The van der Waals surface area contributed by atoms with Gasteiger partial charge in [-0.3, -0.25) is 9.59 Å². The summed E-state index contributed by atoms with van der Waals surface area (Å²) in [5.74, 6) is -0.0484. The van der Waals surface area contributed by atoms with E-state index in [1.807, 2.05) is 6.07 Å². The van der Waals surface area contributed by atoms with Crippen LogP contribution in [0.4, 0.5) is 5.69 Å². The zero-order valence-corrected chi connectivity index (χ0v) is 13.0. The number of anilines is 1. The summed E-state index contributed by atoms with van der Waals surface area (Å²) in [4.78, 5) is 25.4. The maximum atomic E-state index is 12.5. The topological polar surface area (TPSA) is 98.4 Å². The molecule has 114 valence electrons. The number of thioether (sulfide) groups is 1. The molecule has 0 spiro atoms. The standard InChI is InChI=1S/C13H12N4O3S2/c14-12(19)10-5-17(8-3-1-2-4-9(8)20-10)11(18)6-21-13-16-15-7-22-13/h1-4,7,10H,5-6H2,(H2,14,19)/t10-/m1/s1. The lowest BCUT2D eigenvalue weighted by atomic mass is 10.2. The zero-order chi connectivity index (χ0) is 15.5. The second kappa shape index (κ2) is 6.32. The molecule has 22 heavy (non-hydrogen) atoms. The monoisotopic (exact) mass is 336 g/mol. The lowest BCUT2D eigenvalue weighted by Gasteiger charge is -2.33. The minimum Gasteiger partial charge on any atom is -0.477 e. The molecule has 9 heteroatoms. The van der Waals surface area contributed by atoms with Crippen molar-refractivity contribution in [2.45, 2.75) is 10.4 Å². The van der Waals surface area contributed by atoms with Crippen LogP contribution in [0.5, 0.6) is 5.75 Å². The molecule has 2 N–H and O–H groups in total. The van der Waals surface area contributed by atoms with Gasteiger partial charge in [-0.1, -0.05) is 35.2 Å². The van der Waals surface area contributed by atoms with Crippen LogP contribution < -0.4 is 15.4 Å². The summed E-state index contributed by atoms with van der Waals surface area (Å²) in [7, 11) is 0. The first-order chi connectivity index (χ1) is 10.6. The SMILES string of the molecule is NC(=O)[C@H]1CN(C(=O)CSc2nncs2)c2ccccc2O1. The first kappa shape index (κ1) is 14.8. The van der Waals surface area contributed by atoms with Crippen LogP contribution in [-0.4, -0.2) is 40.4 Å². The van der Waals surface area contributed by atoms with Crippen molar-refractivity contribution in [2.24, 2.45) is 5.73 Å². The van der Waals surface area contributed by atoms with Crippen LogP contribution in [0.2, 0.25) is 0 Å². The van der Waals surface area contributed by atoms with Gasteiger partial charge in [-0.2, -0.15) is 0 Å². The molecule has 1 aliphatic heterocycles. The Morgan fingerprint density at radius 3 is 3.00 bits per heavy atom. The molecule has 0 aliphatic carbocycles. The molecule has 0 saturated carbocycles. The van der Waals surface area contributed by atoms with Crippen molar-refractivity contribution in [1.82, 2.24) is 10.2 Å². The maximum Gasteiger partial charge on any atom is 0.260 e. The minimum absolute atomic E-state index is 0.113. The van der Waals surface area contributed by atoms with Gasteiger partial charge in [0.25, 0.3) is 5.91 Å². The number of hydrogen-bond donors (Lipinski definition) is 1. The quantitative estimate of drug-likeness (QED) is 0.833. The molecule has 2 aromatic rings. The molecular formula is C13H12N4O3S2. The number of carbonyl (C=O) groups excluding carboxylic acids is 2. The molecule has 1 aromatic carbocycles. The smallest absolute Gasteiger partial charge is 0.260 e. The van der Waals surface area contributed by atoms with Gasteiger partial charge in [-0.05, 0) is 12.1 Å². The zero-order valence-electron chi connectivity index (χ0n) is 11.3. The van der Waals surface area contributed by atoms with E-state index in [2.05, 4.69) is 10.2 Å². The van der Waals surface area contributed by atoms with Gasteiger partial charge in [0, 0.05) is 0 Å². The van der Waals surface area contributed by atoms with Crippen molar-refractivity contribution in [2.75, 3.05) is 17.2 Å². The van der Waals surface area contributed by atoms with E-state index >= 15 is 0 Å². The molecule has 3 rings (SSSR count). The highest BCUT2D eigenvalue weighted by Gasteiger charge is 2.32. The van der Waals surface area contributed by atoms with Crippen molar-refractivity contribution in [1.29, 1.82) is 0 Å². The van der Waals surface area contributed by atoms with Crippen molar-refractivity contribution in [3.8, 4) is 5.75 Å². The van der Waals surface area contributed by atoms with Crippen LogP contribution in [0.1, 0.15) is 0 Å². The van der Waals surface area contributed by atoms with Crippen molar-refractivity contribution < 1.29 is 14.3 Å². The number of primary amides is 1. The van der Waals surface area contributed by atoms with Gasteiger partial charge in [-0.25, -0.2) is 0 Å². The molecule has 0 unspecified atom stereocenters. The normalized spacial score (nSPS) is 16.7. The average Bonchev–Trinajstić information content (AvgIpc) is 3.04. The highest BCUT2D eigenvalue weighted by molar-refractivity contribution is 8.01. The van der Waals surface area contributed by atoms with Gasteiger partial charge in [0.1, 0.15) is 11.3 Å². The van der Waals surface area contributed by atoms with Crippen LogP contribution >= 0.6 is 23.1 Å². The molecule has 1 atom stereocenters. The molecule has 0 radical (unpaired) electrons. The second-order valence-electron chi connectivity index (χ2n) is 4.47. The van der Waals surface area contributed by atoms with Gasteiger partial charge < -0.3 is 15.4 Å². The van der Waals surface area contributed by atoms with Gasteiger partial charge >= 0.3 is 0 Å². The van der Waals surface area contributed by atoms with E-state index in [1.165, 1.54) is 28.0 Å². The summed E-state index contributed by atoms with van der Waals surface area (Å²) in [5.41, 5.74) is 7.57. The Bertz CT molecular complexity index is 692. The number of aromatic nitrogens is 2. The predicted octanol–water partition coefficient (Wildman–Crippen LogP) is 0.910. The Morgan fingerprint density at radius 1 is 1.45 bits per heavy atom. The number of nitrogens with two attached hydrogens (primary N) is 1. The summed E-state index contributed by atoms with van der Waals surface area (Å²) in [6.45, 7) is 0.113. The maximum absolute atomic E-state index is 12.5. The van der Waals surface area contributed by atoms with E-state index in [9.17, 15) is 9.59 Å². The van der Waals surface area contributed by atoms with Crippen LogP contribution in [-0.2, 0) is 9.59 Å². The third-order valence-electron chi connectivity index (χ3n) is 3.05. The summed E-state index contributed by atoms with van der Waals surface area (Å²) < 4.78 is 6.25. The lowest BCUT2D eigenvalue weighted by Crippen LogP contribution is -2.49. The summed E-state index contributed by atoms with van der Waals surface area (Å²) in [6.07, 6.45) is -0.842. The number of rotatable bonds is 4. The average molecular weight is 336 g/mol. The van der Waals surface area contributed by atoms with E-state index in [0.717, 1.165) is 4.34 Å². The summed E-state index contributed by atoms with van der Waals surface area (Å²) in [5, 5.41) is 7.61. The second-order valence-corrected chi connectivity index (χ2v) is 6.53. The number of amides is 2. The van der Waals surface area contributed by atoms with Gasteiger partial charge in [-0.15, -0.1) is 10.2 Å². The number of ether oxygens (including phenoxy) is 1. The predicted molar refractivity (Wildman–Crippen MR) is 83.0 cm³/mol. The number of para-hydroxylation sites is 2. The fraction of sp³-hybridized carbons (Fsp3) is 0.231. The first-order valence-corrected chi connectivity index (χ1v) is 8.26. The molecule has 2 heterocycles. The molecule has 0 bridgehead atoms. The van der Waals surface area contributed by atoms with Gasteiger partial charge in [0.15, 0.2) is 10.4 Å². The van der Waals surface area contributed by atoms with E-state index in [-0.39, 0.29) is 18.2 Å². The molecule has 1 aliphatic rings. The third kappa shape index (κ3) is 3.04. The van der Waals surface area contributed by atoms with Crippen LogP contribution in [0.25, 0.3) is 0 Å². The highest BCUT2D eigenvalue weighted by atomic mass is 32.2. The Labute approximate surface area is 134 Å². The van der Waals surface area contributed by atoms with Crippen molar-refractivity contribution in [3.63, 3.8) is 0 Å². The molecule has 2 amide bonds. The Balaban J connectivity index is 1.78. The van der Waals surface area contributed by atoms with Crippen molar-refractivity contribution in [3.05, 3.63) is 29.8 Å². The van der Waals surface area contributed by atoms with Gasteiger partial charge in [0.05, 0.1) is 18.0 Å². The molecule has 1 aromatic heterocycles. The summed E-state index contributed by atoms with van der Waals surface area (Å²) in [6, 6.07) is 7.08. The molecule has 0 fully saturated rings. The number of benzene rings is 1. The van der Waals surface area contributed by atoms with E-state index in [1.54, 1.807) is 23.7 Å². The third-order valence-corrected chi connectivity index (χ3v) is 4.90. The Hall–Kier alpha value is -2.13. The summed E-state index contributed by atoms with van der Waals surface area (Å²) >= 11 is 2.68. The lowest BCUT2D eigenvalue weighted by molar-refractivity contribution is -0.125. The number of carbonyl (C=O) groups is 2. The van der Waals surface area contributed by atoms with Crippen LogP contribution in [0, 0.1) is 0 Å². The largest absolute Gasteiger partial charge is 0.477 e. The highest BCUT2D eigenvalue weighted by Crippen LogP contribution is 2.33. The van der Waals surface area contributed by atoms with E-state index in [4.69, 9.17) is 10.5 Å². The van der Waals surface area contributed by atoms with Crippen LogP contribution in [0.3, 0.4) is 0 Å². The van der Waals surface area contributed by atoms with Crippen LogP contribution in [0.15, 0.2) is 34.1 Å². The molecule has 7 nitrogen and oxygen atoms in total. The number of fused-ring (bicyclic) bond motifs is 1. The van der Waals surface area contributed by atoms with Crippen molar-refractivity contribution >= 4 is 40.6 Å². The van der Waals surface area contributed by atoms with Gasteiger partial charge in [0.2, 0.25) is 5.91 Å². The number of hydrogen-bond acceptors (Lipinski definition) is 7. The number of nitrogens with zero attached hydrogens (tertiary/aromatic N) is 3. The fourth-order valence-corrected chi connectivity index (χ4v) is 3.41. The Kier molecular flexibility index (Phi) is 4.25. The Morgan fingerprint density at radius 2 is 2.27 bits per heavy atom. The molecule has 0 saturated heterocycles. The molecular weight excluding hydrogens is 324 g/mol. The van der Waals surface area contributed by atoms with E-state index < -0.39 is 12.0 Å². The minimum atomic E-state index is -0.842. The fourth-order valence-electron chi connectivity index (χ4n) is 2.05. The first-order valence-electron chi connectivity index (χ1n) is 6.39. The van der Waals surface area contributed by atoms with E-state index in [0.29, 0.717) is 11.4 Å².